The van der Waals surface area contributed by atoms with E-state index in [0.717, 1.165) is 21.5 Å². The number of benzene rings is 4. The molecule has 31 heavy (non-hydrogen) atoms. The number of carboxylic acid groups (broad SMARTS) is 2. The standard InChI is InChI=1S/2C11H8O3.2H2O.Zn/c2*12-10-6-8-4-2-1-3-7(8)5-9(10)11(13)14;;;/h2*1-6,12H,(H,13,14);2*1H2;/q;;;;+2/p-2. The van der Waals surface area contributed by atoms with E-state index in [-0.39, 0.29) is 41.6 Å². The molecular weight excluding hydrogens is 458 g/mol. The molecule has 6 N–H and O–H groups in total. The molecule has 0 unspecified atom stereocenters. The molecule has 0 heterocycles. The number of aromatic carboxylic acids is 2. The SMILES string of the molecule is O.O.O=C(O)c1cc2ccccc2cc1[O-].O=C(O)c1cc2ccccc2cc1[O-].[Zn+2]. The Balaban J connectivity index is 0.000000529. The van der Waals surface area contributed by atoms with E-state index in [2.05, 4.69) is 0 Å². The largest absolute Gasteiger partial charge is 2.00 e. The van der Waals surface area contributed by atoms with Gasteiger partial charge in [-0.2, -0.15) is 0 Å². The number of carbonyl (C=O) groups is 2. The van der Waals surface area contributed by atoms with E-state index in [0.29, 0.717) is 0 Å². The zero-order chi connectivity index (χ0) is 20.3. The van der Waals surface area contributed by atoms with Crippen molar-refractivity contribution in [3.63, 3.8) is 0 Å². The maximum Gasteiger partial charge on any atom is 2.00 e. The molecule has 0 aromatic heterocycles. The first-order valence-corrected chi connectivity index (χ1v) is 8.23. The molecule has 4 aromatic carbocycles. The van der Waals surface area contributed by atoms with Gasteiger partial charge in [-0.15, -0.1) is 0 Å². The Morgan fingerprint density at radius 1 is 0.581 bits per heavy atom. The number of hydrogen-bond donors (Lipinski definition) is 2. The minimum Gasteiger partial charge on any atom is -0.872 e. The summed E-state index contributed by atoms with van der Waals surface area (Å²) < 4.78 is 0. The van der Waals surface area contributed by atoms with Gasteiger partial charge in [-0.05, 0) is 33.7 Å². The zero-order valence-corrected chi connectivity index (χ0v) is 19.1. The predicted octanol–water partition coefficient (Wildman–Crippen LogP) is 1.57. The minimum absolute atomic E-state index is 0. The van der Waals surface area contributed by atoms with Crippen molar-refractivity contribution in [2.75, 3.05) is 0 Å². The number of fused-ring (bicyclic) bond motifs is 2. The first kappa shape index (κ1) is 27.5. The summed E-state index contributed by atoms with van der Waals surface area (Å²) in [5, 5.41) is 43.1. The molecule has 0 saturated carbocycles. The summed E-state index contributed by atoms with van der Waals surface area (Å²) in [5.41, 5.74) is -0.354. The number of rotatable bonds is 2. The quantitative estimate of drug-likeness (QED) is 0.414. The van der Waals surface area contributed by atoms with Crippen LogP contribution < -0.4 is 10.2 Å². The van der Waals surface area contributed by atoms with E-state index in [1.165, 1.54) is 24.3 Å². The Morgan fingerprint density at radius 2 is 0.839 bits per heavy atom. The van der Waals surface area contributed by atoms with Gasteiger partial charge in [0, 0.05) is 0 Å². The van der Waals surface area contributed by atoms with Gasteiger partial charge < -0.3 is 31.4 Å². The van der Waals surface area contributed by atoms with Crippen LogP contribution in [0.3, 0.4) is 0 Å². The van der Waals surface area contributed by atoms with Crippen LogP contribution in [0.15, 0.2) is 72.8 Å². The van der Waals surface area contributed by atoms with Crippen molar-refractivity contribution < 1.29 is 60.4 Å². The van der Waals surface area contributed by atoms with Crippen molar-refractivity contribution in [2.45, 2.75) is 0 Å². The van der Waals surface area contributed by atoms with Crippen molar-refractivity contribution in [1.82, 2.24) is 0 Å². The smallest absolute Gasteiger partial charge is 0.872 e. The van der Waals surface area contributed by atoms with Crippen LogP contribution >= 0.6 is 0 Å². The average Bonchev–Trinajstić information content (AvgIpc) is 2.67. The molecule has 0 aliphatic rings. The van der Waals surface area contributed by atoms with Crippen LogP contribution in [0.4, 0.5) is 0 Å². The molecule has 0 bridgehead atoms. The van der Waals surface area contributed by atoms with Crippen LogP contribution in [0.25, 0.3) is 21.5 Å². The molecule has 0 amide bonds. The summed E-state index contributed by atoms with van der Waals surface area (Å²) in [4.78, 5) is 21.3. The predicted molar refractivity (Wildman–Crippen MR) is 108 cm³/mol. The molecule has 0 fully saturated rings. The molecule has 0 spiro atoms. The van der Waals surface area contributed by atoms with Crippen LogP contribution in [0.1, 0.15) is 20.7 Å². The maximum absolute atomic E-state index is 11.3. The fourth-order valence-electron chi connectivity index (χ4n) is 2.77. The molecule has 0 atom stereocenters. The Labute approximate surface area is 189 Å². The van der Waals surface area contributed by atoms with Gasteiger partial charge in [0.1, 0.15) is 0 Å². The van der Waals surface area contributed by atoms with Crippen molar-refractivity contribution in [3.8, 4) is 11.5 Å². The van der Waals surface area contributed by atoms with Gasteiger partial charge >= 0.3 is 31.4 Å². The Morgan fingerprint density at radius 3 is 1.10 bits per heavy atom. The van der Waals surface area contributed by atoms with Crippen LogP contribution in [0, 0.1) is 0 Å². The van der Waals surface area contributed by atoms with Gasteiger partial charge in [-0.25, -0.2) is 9.59 Å². The Hall–Kier alpha value is -3.52. The fourth-order valence-corrected chi connectivity index (χ4v) is 2.77. The molecule has 0 radical (unpaired) electrons. The van der Waals surface area contributed by atoms with Crippen molar-refractivity contribution in [3.05, 3.63) is 83.9 Å². The van der Waals surface area contributed by atoms with E-state index in [9.17, 15) is 19.8 Å². The summed E-state index contributed by atoms with van der Waals surface area (Å²) in [7, 11) is 0. The molecule has 8 nitrogen and oxygen atoms in total. The summed E-state index contributed by atoms with van der Waals surface area (Å²) in [6.07, 6.45) is 0. The fraction of sp³-hybridized carbons (Fsp3) is 0. The zero-order valence-electron chi connectivity index (χ0n) is 16.2. The minimum atomic E-state index is -1.18. The normalized spacial score (nSPS) is 9.29. The van der Waals surface area contributed by atoms with E-state index in [4.69, 9.17) is 10.2 Å². The summed E-state index contributed by atoms with van der Waals surface area (Å²) in [6.45, 7) is 0. The van der Waals surface area contributed by atoms with Crippen molar-refractivity contribution in [2.24, 2.45) is 0 Å². The van der Waals surface area contributed by atoms with Crippen LogP contribution in [-0.2, 0) is 19.5 Å². The second-order valence-electron chi connectivity index (χ2n) is 6.00. The van der Waals surface area contributed by atoms with Gasteiger partial charge in [0.15, 0.2) is 0 Å². The van der Waals surface area contributed by atoms with Crippen LogP contribution in [-0.4, -0.2) is 33.1 Å². The summed E-state index contributed by atoms with van der Waals surface area (Å²) >= 11 is 0. The molecule has 9 heteroatoms. The first-order chi connectivity index (χ1) is 13.4. The number of hydrogen-bond acceptors (Lipinski definition) is 4. The topological polar surface area (TPSA) is 184 Å². The molecule has 0 saturated heterocycles. The van der Waals surface area contributed by atoms with Gasteiger partial charge in [0.2, 0.25) is 0 Å². The first-order valence-electron chi connectivity index (χ1n) is 8.23. The number of carboxylic acids is 2. The average molecular weight is 476 g/mol. The van der Waals surface area contributed by atoms with Gasteiger partial charge in [0.25, 0.3) is 0 Å². The van der Waals surface area contributed by atoms with Crippen molar-refractivity contribution >= 4 is 33.5 Å². The Kier molecular flexibility index (Phi) is 10.3. The van der Waals surface area contributed by atoms with E-state index in [1.807, 2.05) is 12.1 Å². The maximum atomic E-state index is 11.3. The van der Waals surface area contributed by atoms with E-state index < -0.39 is 23.4 Å². The van der Waals surface area contributed by atoms with Crippen molar-refractivity contribution in [1.29, 1.82) is 0 Å². The second kappa shape index (κ2) is 11.6. The molecule has 4 aromatic rings. The van der Waals surface area contributed by atoms with Crippen LogP contribution in [0.5, 0.6) is 11.5 Å². The molecular formula is C22H18O8Zn. The summed E-state index contributed by atoms with van der Waals surface area (Å²) in [6, 6.07) is 19.8. The molecule has 156 valence electrons. The third-order valence-electron chi connectivity index (χ3n) is 4.16. The molecule has 0 aliphatic carbocycles. The van der Waals surface area contributed by atoms with Gasteiger partial charge in [0.05, 0.1) is 11.1 Å². The Bertz CT molecular complexity index is 1110. The summed E-state index contributed by atoms with van der Waals surface area (Å²) in [5.74, 6) is -3.26. The van der Waals surface area contributed by atoms with Crippen LogP contribution in [0.2, 0.25) is 0 Å². The van der Waals surface area contributed by atoms with E-state index >= 15 is 0 Å². The van der Waals surface area contributed by atoms with Gasteiger partial charge in [-0.1, -0.05) is 72.2 Å². The second-order valence-corrected chi connectivity index (χ2v) is 6.00. The van der Waals surface area contributed by atoms with E-state index in [1.54, 1.807) is 36.4 Å². The third kappa shape index (κ3) is 6.23. The molecule has 4 rings (SSSR count). The monoisotopic (exact) mass is 474 g/mol. The molecule has 0 aliphatic heterocycles. The third-order valence-corrected chi connectivity index (χ3v) is 4.16. The van der Waals surface area contributed by atoms with Gasteiger partial charge in [-0.3, -0.25) is 0 Å².